The molecule has 0 heterocycles. The van der Waals surface area contributed by atoms with E-state index in [1.54, 1.807) is 20.8 Å². The fourth-order valence-corrected chi connectivity index (χ4v) is 3.23. The Morgan fingerprint density at radius 2 is 1.39 bits per heavy atom. The van der Waals surface area contributed by atoms with E-state index < -0.39 is 22.8 Å². The van der Waals surface area contributed by atoms with Crippen molar-refractivity contribution in [2.75, 3.05) is 0 Å². The van der Waals surface area contributed by atoms with Crippen LogP contribution in [0.3, 0.4) is 0 Å². The molecule has 1 saturated carbocycles. The molecule has 4 nitrogen and oxygen atoms in total. The molecule has 0 saturated heterocycles. The van der Waals surface area contributed by atoms with Gasteiger partial charge in [0.1, 0.15) is 0 Å². The topological polar surface area (TPSA) is 74.6 Å². The van der Waals surface area contributed by atoms with Crippen molar-refractivity contribution in [1.29, 1.82) is 0 Å². The third-order valence-electron chi connectivity index (χ3n) is 4.08. The van der Waals surface area contributed by atoms with Crippen molar-refractivity contribution < 1.29 is 72.6 Å². The van der Waals surface area contributed by atoms with Crippen molar-refractivity contribution in [2.24, 2.45) is 16.7 Å². The number of rotatable bonds is 3. The molecule has 0 unspecified atom stereocenters. The van der Waals surface area contributed by atoms with Crippen LogP contribution in [-0.4, -0.2) is 22.2 Å². The molecule has 18 heavy (non-hydrogen) atoms. The van der Waals surface area contributed by atoms with Crippen LogP contribution >= 0.6 is 0 Å². The molecule has 0 spiro atoms. The van der Waals surface area contributed by atoms with Gasteiger partial charge in [-0.1, -0.05) is 40.0 Å². The zero-order valence-corrected chi connectivity index (χ0v) is 14.9. The summed E-state index contributed by atoms with van der Waals surface area (Å²) in [7, 11) is 0. The molecule has 0 aromatic carbocycles. The van der Waals surface area contributed by atoms with E-state index in [0.29, 0.717) is 12.8 Å². The quantitative estimate of drug-likeness (QED) is 0.559. The minimum atomic E-state index is -1.66. The molecule has 0 bridgehead atoms. The number of carboxylic acids is 2. The molecule has 0 aromatic heterocycles. The number of carboxylic acid groups (broad SMARTS) is 2. The minimum Gasteiger partial charge on any atom is -1.00 e. The Labute approximate surface area is 152 Å². The van der Waals surface area contributed by atoms with Crippen LogP contribution in [0.25, 0.3) is 0 Å². The first kappa shape index (κ1) is 18.6. The Kier molecular flexibility index (Phi) is 7.06. The first-order valence-corrected chi connectivity index (χ1v) is 6.21. The van der Waals surface area contributed by atoms with Crippen molar-refractivity contribution in [3.05, 3.63) is 0 Å². The first-order valence-electron chi connectivity index (χ1n) is 6.21. The molecule has 0 amide bonds. The van der Waals surface area contributed by atoms with E-state index in [1.165, 1.54) is 0 Å². The Morgan fingerprint density at radius 3 is 1.67 bits per heavy atom. The van der Waals surface area contributed by atoms with Crippen LogP contribution in [0.4, 0.5) is 0 Å². The van der Waals surface area contributed by atoms with Crippen LogP contribution in [0.5, 0.6) is 0 Å². The van der Waals surface area contributed by atoms with E-state index in [2.05, 4.69) is 0 Å². The number of aliphatic carboxylic acids is 2. The van der Waals surface area contributed by atoms with Crippen molar-refractivity contribution in [1.82, 2.24) is 0 Å². The SMILES string of the molecule is CC(C)(C)C(C(=O)O)(C(=O)O)C1CCCCC1.[H-].[K+]. The third kappa shape index (κ3) is 3.18. The Hall–Kier alpha value is 0.576. The molecule has 2 N–H and O–H groups in total. The summed E-state index contributed by atoms with van der Waals surface area (Å²) in [4.78, 5) is 23.3. The summed E-state index contributed by atoms with van der Waals surface area (Å²) in [5, 5.41) is 19.0. The average molecular weight is 282 g/mol. The van der Waals surface area contributed by atoms with Gasteiger partial charge in [-0.15, -0.1) is 0 Å². The van der Waals surface area contributed by atoms with E-state index in [4.69, 9.17) is 0 Å². The Balaban J connectivity index is 0. The van der Waals surface area contributed by atoms with E-state index in [1.807, 2.05) is 0 Å². The molecule has 0 atom stereocenters. The molecule has 1 aliphatic rings. The van der Waals surface area contributed by atoms with E-state index in [0.717, 1.165) is 19.3 Å². The Morgan fingerprint density at radius 1 is 1.00 bits per heavy atom. The van der Waals surface area contributed by atoms with Gasteiger partial charge in [0.2, 0.25) is 0 Å². The third-order valence-corrected chi connectivity index (χ3v) is 4.08. The van der Waals surface area contributed by atoms with Gasteiger partial charge in [0.25, 0.3) is 0 Å². The summed E-state index contributed by atoms with van der Waals surface area (Å²) in [5.41, 5.74) is -2.44. The van der Waals surface area contributed by atoms with E-state index >= 15 is 0 Å². The molecule has 1 rings (SSSR count). The standard InChI is InChI=1S/C13H22O4.K.H/c1-12(2,3)13(10(14)15,11(16)17)9-7-5-4-6-8-9;;/h9H,4-8H2,1-3H3,(H,14,15)(H,16,17);;/q;+1;-1. The summed E-state index contributed by atoms with van der Waals surface area (Å²) < 4.78 is 0. The first-order chi connectivity index (χ1) is 7.74. The summed E-state index contributed by atoms with van der Waals surface area (Å²) in [6.45, 7) is 5.14. The normalized spacial score (nSPS) is 17.9. The second kappa shape index (κ2) is 6.84. The molecular weight excluding hydrogens is 259 g/mol. The predicted octanol–water partition coefficient (Wildman–Crippen LogP) is -0.115. The molecular formula is C13H23KO4. The van der Waals surface area contributed by atoms with Crippen molar-refractivity contribution in [3.8, 4) is 0 Å². The number of hydrogen-bond acceptors (Lipinski definition) is 2. The molecule has 0 aliphatic heterocycles. The van der Waals surface area contributed by atoms with Crippen LogP contribution in [-0.2, 0) is 9.59 Å². The van der Waals surface area contributed by atoms with Crippen molar-refractivity contribution >= 4 is 11.9 Å². The maximum absolute atomic E-state index is 11.6. The van der Waals surface area contributed by atoms with Gasteiger partial charge < -0.3 is 11.6 Å². The second-order valence-corrected chi connectivity index (χ2v) is 6.00. The fourth-order valence-electron chi connectivity index (χ4n) is 3.23. The van der Waals surface area contributed by atoms with Crippen molar-refractivity contribution in [3.63, 3.8) is 0 Å². The zero-order valence-electron chi connectivity index (χ0n) is 12.8. The van der Waals surface area contributed by atoms with Gasteiger partial charge in [0, 0.05) is 0 Å². The maximum atomic E-state index is 11.6. The van der Waals surface area contributed by atoms with Gasteiger partial charge >= 0.3 is 63.3 Å². The smallest absolute Gasteiger partial charge is 1.00 e. The largest absolute Gasteiger partial charge is 1.00 e. The van der Waals surface area contributed by atoms with Crippen LogP contribution in [0, 0.1) is 16.7 Å². The van der Waals surface area contributed by atoms with Gasteiger partial charge in [0.05, 0.1) is 0 Å². The van der Waals surface area contributed by atoms with Gasteiger partial charge in [-0.3, -0.25) is 9.59 Å². The maximum Gasteiger partial charge on any atom is 1.00 e. The molecule has 1 fully saturated rings. The number of carbonyl (C=O) groups is 2. The minimum absolute atomic E-state index is 0. The van der Waals surface area contributed by atoms with E-state index in [9.17, 15) is 19.8 Å². The van der Waals surface area contributed by atoms with Gasteiger partial charge in [-0.2, -0.15) is 0 Å². The zero-order chi connectivity index (χ0) is 13.3. The fraction of sp³-hybridized carbons (Fsp3) is 0.846. The molecule has 1 aliphatic carbocycles. The van der Waals surface area contributed by atoms with Gasteiger partial charge in [0.15, 0.2) is 5.41 Å². The summed E-state index contributed by atoms with van der Waals surface area (Å²) in [6, 6.07) is 0. The second-order valence-electron chi connectivity index (χ2n) is 6.00. The average Bonchev–Trinajstić information content (AvgIpc) is 2.16. The van der Waals surface area contributed by atoms with Crippen molar-refractivity contribution in [2.45, 2.75) is 52.9 Å². The molecule has 100 valence electrons. The molecule has 0 aromatic rings. The van der Waals surface area contributed by atoms with Gasteiger partial charge in [-0.05, 0) is 24.2 Å². The van der Waals surface area contributed by atoms with Crippen LogP contribution < -0.4 is 51.4 Å². The summed E-state index contributed by atoms with van der Waals surface area (Å²) in [5.74, 6) is -2.64. The predicted molar refractivity (Wildman–Crippen MR) is 64.8 cm³/mol. The summed E-state index contributed by atoms with van der Waals surface area (Å²) >= 11 is 0. The monoisotopic (exact) mass is 282 g/mol. The van der Waals surface area contributed by atoms with E-state index in [-0.39, 0.29) is 58.7 Å². The summed E-state index contributed by atoms with van der Waals surface area (Å²) in [6.07, 6.45) is 4.35. The Bertz CT molecular complexity index is 305. The van der Waals surface area contributed by atoms with Gasteiger partial charge in [-0.25, -0.2) is 0 Å². The van der Waals surface area contributed by atoms with Crippen LogP contribution in [0.15, 0.2) is 0 Å². The van der Waals surface area contributed by atoms with Crippen LogP contribution in [0.1, 0.15) is 54.3 Å². The van der Waals surface area contributed by atoms with Crippen LogP contribution in [0.2, 0.25) is 0 Å². The molecule has 5 heteroatoms. The molecule has 0 radical (unpaired) electrons. The number of hydrogen-bond donors (Lipinski definition) is 2.